The monoisotopic (exact) mass is 385 g/mol. The van der Waals surface area contributed by atoms with Crippen LogP contribution in [0.4, 0.5) is 21.1 Å². The number of nitrogens with zero attached hydrogens (tertiary/aromatic N) is 3. The minimum Gasteiger partial charge on any atom is -0.444 e. The van der Waals surface area contributed by atoms with Gasteiger partial charge in [0.1, 0.15) is 5.60 Å². The molecule has 0 bridgehead atoms. The van der Waals surface area contributed by atoms with Gasteiger partial charge >= 0.3 is 12.1 Å². The van der Waals surface area contributed by atoms with Gasteiger partial charge in [-0.05, 0) is 45.2 Å². The summed E-state index contributed by atoms with van der Waals surface area (Å²) in [6, 6.07) is 9.00. The molecule has 3 amide bonds. The maximum absolute atomic E-state index is 13.0. The molecule has 2 N–H and O–H groups in total. The number of ether oxygens (including phenoxy) is 1. The Balaban J connectivity index is 1.78. The third-order valence-electron chi connectivity index (χ3n) is 4.36. The molecule has 1 unspecified atom stereocenters. The molecule has 3 rings (SSSR count). The van der Waals surface area contributed by atoms with Gasteiger partial charge in [-0.2, -0.15) is 5.10 Å². The molecule has 28 heavy (non-hydrogen) atoms. The number of urea groups is 1. The summed E-state index contributed by atoms with van der Waals surface area (Å²) in [5, 5.41) is 9.93. The van der Waals surface area contributed by atoms with E-state index in [1.54, 1.807) is 28.9 Å². The Kier molecular flexibility index (Phi) is 5.58. The van der Waals surface area contributed by atoms with Crippen LogP contribution in [0.1, 0.15) is 32.8 Å². The summed E-state index contributed by atoms with van der Waals surface area (Å²) >= 11 is 0. The van der Waals surface area contributed by atoms with Gasteiger partial charge in [0, 0.05) is 31.5 Å². The van der Waals surface area contributed by atoms with Gasteiger partial charge in [0.05, 0.1) is 6.04 Å². The SMILES string of the molecule is Cn1ccc(NC(=O)N2CC(NC(=O)OC(C)(C)C)CCc3ccccc32)n1. The Labute approximate surface area is 164 Å². The lowest BCUT2D eigenvalue weighted by Crippen LogP contribution is -2.47. The third kappa shape index (κ3) is 5.03. The van der Waals surface area contributed by atoms with Crippen molar-refractivity contribution < 1.29 is 14.3 Å². The van der Waals surface area contributed by atoms with Crippen molar-refractivity contribution in [3.63, 3.8) is 0 Å². The highest BCUT2D eigenvalue weighted by molar-refractivity contribution is 6.01. The van der Waals surface area contributed by atoms with Crippen LogP contribution in [0.2, 0.25) is 0 Å². The molecule has 150 valence electrons. The van der Waals surface area contributed by atoms with Gasteiger partial charge < -0.3 is 10.1 Å². The number of hydrogen-bond acceptors (Lipinski definition) is 4. The van der Waals surface area contributed by atoms with E-state index in [4.69, 9.17) is 4.74 Å². The molecule has 0 radical (unpaired) electrons. The van der Waals surface area contributed by atoms with E-state index in [-0.39, 0.29) is 12.1 Å². The topological polar surface area (TPSA) is 88.5 Å². The number of nitrogens with one attached hydrogen (secondary N) is 2. The van der Waals surface area contributed by atoms with E-state index in [0.29, 0.717) is 18.8 Å². The van der Waals surface area contributed by atoms with Crippen molar-refractivity contribution in [2.75, 3.05) is 16.8 Å². The van der Waals surface area contributed by atoms with Crippen molar-refractivity contribution in [1.29, 1.82) is 0 Å². The molecule has 1 aromatic heterocycles. The Morgan fingerprint density at radius 2 is 1.96 bits per heavy atom. The summed E-state index contributed by atoms with van der Waals surface area (Å²) in [6.07, 6.45) is 2.75. The Morgan fingerprint density at radius 3 is 2.64 bits per heavy atom. The van der Waals surface area contributed by atoms with Gasteiger partial charge in [-0.1, -0.05) is 18.2 Å². The smallest absolute Gasteiger partial charge is 0.407 e. The molecule has 0 fully saturated rings. The fourth-order valence-electron chi connectivity index (χ4n) is 3.17. The fourth-order valence-corrected chi connectivity index (χ4v) is 3.17. The number of fused-ring (bicyclic) bond motifs is 1. The van der Waals surface area contributed by atoms with E-state index < -0.39 is 11.7 Å². The molecule has 2 heterocycles. The number of para-hydroxylation sites is 1. The number of hydrogen-bond donors (Lipinski definition) is 2. The van der Waals surface area contributed by atoms with Crippen LogP contribution in [0.25, 0.3) is 0 Å². The molecule has 2 aromatic rings. The lowest BCUT2D eigenvalue weighted by atomic mass is 10.1. The number of amides is 3. The number of aromatic nitrogens is 2. The highest BCUT2D eigenvalue weighted by atomic mass is 16.6. The van der Waals surface area contributed by atoms with Crippen LogP contribution in [0.15, 0.2) is 36.5 Å². The van der Waals surface area contributed by atoms with E-state index in [0.717, 1.165) is 17.7 Å². The second-order valence-corrected chi connectivity index (χ2v) is 7.93. The van der Waals surface area contributed by atoms with E-state index >= 15 is 0 Å². The Bertz CT molecular complexity index is 856. The molecule has 8 nitrogen and oxygen atoms in total. The Morgan fingerprint density at radius 1 is 1.21 bits per heavy atom. The predicted molar refractivity (Wildman–Crippen MR) is 107 cm³/mol. The number of anilines is 2. The first-order chi connectivity index (χ1) is 13.2. The number of carbonyl (C=O) groups excluding carboxylic acids is 2. The number of carbonyl (C=O) groups is 2. The normalized spacial score (nSPS) is 16.7. The van der Waals surface area contributed by atoms with Crippen LogP contribution in [0.5, 0.6) is 0 Å². The summed E-state index contributed by atoms with van der Waals surface area (Å²) in [4.78, 5) is 26.8. The predicted octanol–water partition coefficient (Wildman–Crippen LogP) is 3.30. The van der Waals surface area contributed by atoms with E-state index in [1.807, 2.05) is 45.0 Å². The molecule has 1 atom stereocenters. The van der Waals surface area contributed by atoms with Gasteiger partial charge in [-0.3, -0.25) is 14.9 Å². The Hall–Kier alpha value is -3.03. The zero-order chi connectivity index (χ0) is 20.3. The van der Waals surface area contributed by atoms with Crippen molar-refractivity contribution in [3.05, 3.63) is 42.1 Å². The maximum atomic E-state index is 13.0. The molecule has 1 aliphatic rings. The molecule has 8 heteroatoms. The molecular formula is C20H27N5O3. The number of alkyl carbamates (subject to hydrolysis) is 1. The lowest BCUT2D eigenvalue weighted by molar-refractivity contribution is 0.0504. The third-order valence-corrected chi connectivity index (χ3v) is 4.36. The molecule has 1 aliphatic heterocycles. The molecule has 1 aromatic carbocycles. The second-order valence-electron chi connectivity index (χ2n) is 7.93. The van der Waals surface area contributed by atoms with Crippen LogP contribution in [0, 0.1) is 0 Å². The fraction of sp³-hybridized carbons (Fsp3) is 0.450. The summed E-state index contributed by atoms with van der Waals surface area (Å²) in [7, 11) is 1.79. The van der Waals surface area contributed by atoms with Crippen molar-refractivity contribution in [1.82, 2.24) is 15.1 Å². The molecule has 0 saturated carbocycles. The lowest BCUT2D eigenvalue weighted by Gasteiger charge is -2.27. The van der Waals surface area contributed by atoms with E-state index in [1.165, 1.54) is 0 Å². The van der Waals surface area contributed by atoms with E-state index in [9.17, 15) is 9.59 Å². The van der Waals surface area contributed by atoms with Gasteiger partial charge in [0.25, 0.3) is 0 Å². The number of rotatable bonds is 2. The van der Waals surface area contributed by atoms with Crippen LogP contribution in [0.3, 0.4) is 0 Å². The quantitative estimate of drug-likeness (QED) is 0.830. The molecular weight excluding hydrogens is 358 g/mol. The second kappa shape index (κ2) is 7.92. The highest BCUT2D eigenvalue weighted by Crippen LogP contribution is 2.27. The molecule has 0 saturated heterocycles. The largest absolute Gasteiger partial charge is 0.444 e. The number of aryl methyl sites for hydroxylation is 2. The average molecular weight is 385 g/mol. The van der Waals surface area contributed by atoms with Crippen molar-refractivity contribution in [2.45, 2.75) is 45.3 Å². The van der Waals surface area contributed by atoms with Crippen molar-refractivity contribution >= 4 is 23.6 Å². The van der Waals surface area contributed by atoms with Crippen LogP contribution >= 0.6 is 0 Å². The summed E-state index contributed by atoms with van der Waals surface area (Å²) < 4.78 is 6.99. The van der Waals surface area contributed by atoms with Gasteiger partial charge in [0.2, 0.25) is 0 Å². The van der Waals surface area contributed by atoms with Crippen molar-refractivity contribution in [3.8, 4) is 0 Å². The first-order valence-electron chi connectivity index (χ1n) is 9.37. The minimum atomic E-state index is -0.576. The van der Waals surface area contributed by atoms with Gasteiger partial charge in [0.15, 0.2) is 5.82 Å². The standard InChI is InChI=1S/C20H27N5O3/c1-20(2,3)28-19(27)21-15-10-9-14-7-5-6-8-16(14)25(13-15)18(26)22-17-11-12-24(4)23-17/h5-8,11-12,15H,9-10,13H2,1-4H3,(H,21,27)(H,22,23,26). The van der Waals surface area contributed by atoms with Crippen LogP contribution in [-0.4, -0.2) is 40.1 Å². The van der Waals surface area contributed by atoms with E-state index in [2.05, 4.69) is 15.7 Å². The van der Waals surface area contributed by atoms with Gasteiger partial charge in [-0.15, -0.1) is 0 Å². The van der Waals surface area contributed by atoms with Crippen molar-refractivity contribution in [2.24, 2.45) is 7.05 Å². The highest BCUT2D eigenvalue weighted by Gasteiger charge is 2.28. The first kappa shape index (κ1) is 19.7. The zero-order valence-corrected chi connectivity index (χ0v) is 16.7. The van der Waals surface area contributed by atoms with Gasteiger partial charge in [-0.25, -0.2) is 9.59 Å². The maximum Gasteiger partial charge on any atom is 0.407 e. The number of benzene rings is 1. The summed E-state index contributed by atoms with van der Waals surface area (Å²) in [6.45, 7) is 5.81. The van der Waals surface area contributed by atoms with Crippen LogP contribution in [-0.2, 0) is 18.2 Å². The molecule has 0 spiro atoms. The molecule has 0 aliphatic carbocycles. The first-order valence-corrected chi connectivity index (χ1v) is 9.37. The minimum absolute atomic E-state index is 0.225. The van der Waals surface area contributed by atoms with Crippen LogP contribution < -0.4 is 15.5 Å². The summed E-state index contributed by atoms with van der Waals surface area (Å²) in [5.74, 6) is 0.478. The zero-order valence-electron chi connectivity index (χ0n) is 16.7. The summed E-state index contributed by atoms with van der Waals surface area (Å²) in [5.41, 5.74) is 1.32. The average Bonchev–Trinajstić information content (AvgIpc) is 2.91.